The number of aliphatic imine (C=N–C) groups is 1. The summed E-state index contributed by atoms with van der Waals surface area (Å²) in [5, 5.41) is 6.91. The molecule has 0 amide bonds. The molecule has 0 atom stereocenters. The average molecular weight is 896 g/mol. The van der Waals surface area contributed by atoms with Crippen molar-refractivity contribution in [2.75, 3.05) is 0 Å². The van der Waals surface area contributed by atoms with Crippen LogP contribution in [0.1, 0.15) is 23.6 Å². The Labute approximate surface area is 405 Å². The van der Waals surface area contributed by atoms with E-state index in [1.54, 1.807) is 0 Å². The normalized spacial score (nSPS) is 12.3. The largest absolute Gasteiger partial charge is 0.455 e. The third-order valence-electron chi connectivity index (χ3n) is 13.8. The molecular formula is C66H45N3O. The SMILES string of the molecule is C=C(/C=C(\N=C(C)c1ccccc1)c1cccc2c1oc1c(-c3ccc4c(c3)c3cc(-c5ccc6c(c5)c5ccccc5n6-c5ccccc5)ccc3n4-c3ccccc3)cccc12)c1ccccc1. The van der Waals surface area contributed by atoms with Crippen LogP contribution in [0.2, 0.25) is 0 Å². The van der Waals surface area contributed by atoms with Crippen LogP contribution in [0.5, 0.6) is 0 Å². The van der Waals surface area contributed by atoms with Gasteiger partial charge in [-0.15, -0.1) is 0 Å². The number of allylic oxidation sites excluding steroid dienone is 2. The zero-order valence-electron chi connectivity index (χ0n) is 38.6. The van der Waals surface area contributed by atoms with Crippen LogP contribution >= 0.6 is 0 Å². The minimum Gasteiger partial charge on any atom is -0.455 e. The van der Waals surface area contributed by atoms with Gasteiger partial charge in [0.2, 0.25) is 0 Å². The zero-order chi connectivity index (χ0) is 46.7. The van der Waals surface area contributed by atoms with Crippen molar-refractivity contribution < 1.29 is 4.42 Å². The first-order valence-electron chi connectivity index (χ1n) is 23.8. The Morgan fingerprint density at radius 1 is 0.414 bits per heavy atom. The molecule has 0 unspecified atom stereocenters. The number of furan rings is 1. The number of aromatic nitrogens is 2. The van der Waals surface area contributed by atoms with Gasteiger partial charge >= 0.3 is 0 Å². The summed E-state index contributed by atoms with van der Waals surface area (Å²) in [6.07, 6.45) is 2.08. The minimum atomic E-state index is 0.786. The highest BCUT2D eigenvalue weighted by Gasteiger charge is 2.20. The first-order chi connectivity index (χ1) is 34.6. The van der Waals surface area contributed by atoms with Gasteiger partial charge in [0.25, 0.3) is 0 Å². The van der Waals surface area contributed by atoms with Gasteiger partial charge < -0.3 is 13.6 Å². The van der Waals surface area contributed by atoms with Gasteiger partial charge in [0.1, 0.15) is 11.2 Å². The summed E-state index contributed by atoms with van der Waals surface area (Å²) in [5.74, 6) is 0. The van der Waals surface area contributed by atoms with Gasteiger partial charge in [0, 0.05) is 60.5 Å². The Morgan fingerprint density at radius 2 is 0.871 bits per heavy atom. The molecule has 10 aromatic carbocycles. The highest BCUT2D eigenvalue weighted by molar-refractivity contribution is 6.16. The van der Waals surface area contributed by atoms with E-state index in [0.717, 1.165) is 89.1 Å². The molecular weight excluding hydrogens is 851 g/mol. The van der Waals surface area contributed by atoms with Gasteiger partial charge in [0.05, 0.1) is 27.8 Å². The summed E-state index contributed by atoms with van der Waals surface area (Å²) < 4.78 is 11.9. The number of rotatable bonds is 9. The summed E-state index contributed by atoms with van der Waals surface area (Å²) in [6.45, 7) is 6.55. The third kappa shape index (κ3) is 6.88. The van der Waals surface area contributed by atoms with Crippen molar-refractivity contribution in [3.05, 3.63) is 266 Å². The average Bonchev–Trinajstić information content (AvgIpc) is 4.09. The van der Waals surface area contributed by atoms with Crippen molar-refractivity contribution in [1.29, 1.82) is 0 Å². The molecule has 4 heteroatoms. The second-order valence-electron chi connectivity index (χ2n) is 18.0. The van der Waals surface area contributed by atoms with Crippen LogP contribution < -0.4 is 0 Å². The van der Waals surface area contributed by atoms with Crippen molar-refractivity contribution in [3.8, 4) is 33.6 Å². The van der Waals surface area contributed by atoms with Gasteiger partial charge in [-0.25, -0.2) is 0 Å². The van der Waals surface area contributed by atoms with Gasteiger partial charge in [-0.2, -0.15) is 0 Å². The molecule has 3 aromatic heterocycles. The fourth-order valence-corrected chi connectivity index (χ4v) is 10.5. The predicted molar refractivity (Wildman–Crippen MR) is 295 cm³/mol. The number of hydrogen-bond acceptors (Lipinski definition) is 2. The summed E-state index contributed by atoms with van der Waals surface area (Å²) in [5.41, 5.74) is 18.6. The first-order valence-corrected chi connectivity index (χ1v) is 23.8. The quantitative estimate of drug-likeness (QED) is 0.105. The van der Waals surface area contributed by atoms with Gasteiger partial charge in [-0.1, -0.05) is 170 Å². The molecule has 4 nitrogen and oxygen atoms in total. The molecule has 0 saturated heterocycles. The molecule has 0 aliphatic carbocycles. The lowest BCUT2D eigenvalue weighted by Crippen LogP contribution is -1.96. The van der Waals surface area contributed by atoms with E-state index >= 15 is 0 Å². The minimum absolute atomic E-state index is 0.786. The van der Waals surface area contributed by atoms with Crippen LogP contribution in [0, 0.1) is 0 Å². The van der Waals surface area contributed by atoms with E-state index in [1.807, 2.05) is 36.4 Å². The lowest BCUT2D eigenvalue weighted by molar-refractivity contribution is 0.668. The maximum absolute atomic E-state index is 7.12. The lowest BCUT2D eigenvalue weighted by Gasteiger charge is -2.09. The predicted octanol–water partition coefficient (Wildman–Crippen LogP) is 17.7. The maximum atomic E-state index is 7.12. The molecule has 0 saturated carbocycles. The Balaban J connectivity index is 0.977. The molecule has 0 fully saturated rings. The summed E-state index contributed by atoms with van der Waals surface area (Å²) in [7, 11) is 0. The van der Waals surface area contributed by atoms with Crippen molar-refractivity contribution >= 4 is 82.5 Å². The lowest BCUT2D eigenvalue weighted by atomic mass is 9.98. The summed E-state index contributed by atoms with van der Waals surface area (Å²) in [4.78, 5) is 5.30. The first kappa shape index (κ1) is 41.0. The molecule has 13 rings (SSSR count). The van der Waals surface area contributed by atoms with Crippen molar-refractivity contribution in [2.24, 2.45) is 4.99 Å². The monoisotopic (exact) mass is 895 g/mol. The molecule has 0 bridgehead atoms. The van der Waals surface area contributed by atoms with Gasteiger partial charge in [-0.3, -0.25) is 4.99 Å². The number of fused-ring (bicyclic) bond motifs is 9. The number of hydrogen-bond donors (Lipinski definition) is 0. The van der Waals surface area contributed by atoms with E-state index in [1.165, 1.54) is 43.7 Å². The van der Waals surface area contributed by atoms with E-state index in [2.05, 4.69) is 229 Å². The molecule has 70 heavy (non-hydrogen) atoms. The highest BCUT2D eigenvalue weighted by atomic mass is 16.3. The topological polar surface area (TPSA) is 35.4 Å². The number of benzene rings is 10. The Hall–Kier alpha value is -9.25. The van der Waals surface area contributed by atoms with Gasteiger partial charge in [-0.05, 0) is 119 Å². The van der Waals surface area contributed by atoms with E-state index in [0.29, 0.717) is 0 Å². The zero-order valence-corrected chi connectivity index (χ0v) is 38.6. The second kappa shape index (κ2) is 16.8. The molecule has 330 valence electrons. The summed E-state index contributed by atoms with van der Waals surface area (Å²) in [6, 6.07) is 84.2. The van der Waals surface area contributed by atoms with E-state index < -0.39 is 0 Å². The maximum Gasteiger partial charge on any atom is 0.144 e. The number of nitrogens with zero attached hydrogens (tertiary/aromatic N) is 3. The van der Waals surface area contributed by atoms with Crippen LogP contribution in [-0.4, -0.2) is 14.8 Å². The smallest absolute Gasteiger partial charge is 0.144 e. The van der Waals surface area contributed by atoms with Crippen LogP contribution in [0.15, 0.2) is 259 Å². The molecule has 0 N–H and O–H groups in total. The van der Waals surface area contributed by atoms with Crippen molar-refractivity contribution in [2.45, 2.75) is 6.92 Å². The molecule has 0 radical (unpaired) electrons. The highest BCUT2D eigenvalue weighted by Crippen LogP contribution is 2.43. The van der Waals surface area contributed by atoms with Crippen molar-refractivity contribution in [3.63, 3.8) is 0 Å². The fraction of sp³-hybridized carbons (Fsp3) is 0.0152. The molecule has 0 aliphatic rings. The summed E-state index contributed by atoms with van der Waals surface area (Å²) >= 11 is 0. The van der Waals surface area contributed by atoms with Gasteiger partial charge in [0.15, 0.2) is 0 Å². The Bertz CT molecular complexity index is 4230. The molecule has 0 spiro atoms. The standard InChI is InChI=1S/C66H45N3O/c1-43(45-19-7-3-8-20-45)39-60(67-44(2)46-21-9-4-10-22-46)56-31-18-30-55-54-29-17-28-52(65(54)70-66(55)56)49-35-38-64-59(42-49)58-41-48(34-37-63(58)69(64)51-25-13-6-14-26-51)47-33-36-62-57(40-47)53-27-15-16-32-61(53)68(62)50-23-11-5-12-24-50/h3-42H,1H2,2H3/b60-39-,67-44?. The Morgan fingerprint density at radius 3 is 1.49 bits per heavy atom. The molecule has 3 heterocycles. The molecule has 0 aliphatic heterocycles. The van der Waals surface area contributed by atoms with E-state index in [9.17, 15) is 0 Å². The third-order valence-corrected chi connectivity index (χ3v) is 13.8. The Kier molecular flexibility index (Phi) is 9.84. The second-order valence-corrected chi connectivity index (χ2v) is 18.0. The number of para-hydroxylation sites is 5. The van der Waals surface area contributed by atoms with Crippen LogP contribution in [0.4, 0.5) is 0 Å². The molecule has 13 aromatic rings. The van der Waals surface area contributed by atoms with E-state index in [4.69, 9.17) is 9.41 Å². The van der Waals surface area contributed by atoms with Crippen LogP contribution in [-0.2, 0) is 0 Å². The van der Waals surface area contributed by atoms with Crippen LogP contribution in [0.25, 0.3) is 110 Å². The van der Waals surface area contributed by atoms with Crippen LogP contribution in [0.3, 0.4) is 0 Å². The van der Waals surface area contributed by atoms with Crippen molar-refractivity contribution in [1.82, 2.24) is 9.13 Å². The fourth-order valence-electron chi connectivity index (χ4n) is 10.5. The van der Waals surface area contributed by atoms with E-state index in [-0.39, 0.29) is 0 Å².